The first-order valence-electron chi connectivity index (χ1n) is 12.4. The first-order chi connectivity index (χ1) is 13.6. The van der Waals surface area contributed by atoms with Gasteiger partial charge >= 0.3 is 0 Å². The van der Waals surface area contributed by atoms with E-state index in [2.05, 4.69) is 28.1 Å². The number of ketones is 1. The lowest BCUT2D eigenvalue weighted by Crippen LogP contribution is -2.20. The minimum atomic E-state index is 0.282. The Labute approximate surface area is 177 Å². The largest absolute Gasteiger partial charge is 0.292 e. The molecule has 1 saturated carbocycles. The molecule has 1 aliphatic carbocycles. The normalized spacial score (nSPS) is 31.8. The molecule has 0 aromatic carbocycles. The Bertz CT molecular complexity index is 475. The van der Waals surface area contributed by atoms with Gasteiger partial charge in [0.05, 0.1) is 5.45 Å². The van der Waals surface area contributed by atoms with E-state index in [0.717, 1.165) is 24.8 Å². The maximum absolute atomic E-state index is 12.7. The van der Waals surface area contributed by atoms with Crippen LogP contribution >= 0.6 is 9.24 Å². The van der Waals surface area contributed by atoms with Crippen molar-refractivity contribution < 1.29 is 4.79 Å². The number of Topliss-reactive ketones (excluding diaryl/α,β-unsaturated/α-hetero) is 1. The lowest BCUT2D eigenvalue weighted by molar-refractivity contribution is -0.114. The second kappa shape index (κ2) is 13.9. The molecule has 2 rings (SSSR count). The SMILES string of the molecule is CCCC1CCCC(CCC2CC(=O)C(P)=NCCCCCCCC2C)CC1. The number of hydrogen-bond acceptors (Lipinski definition) is 2. The molecular weight excluding hydrogens is 361 g/mol. The number of aliphatic imine (C=N–C) groups is 1. The quantitative estimate of drug-likeness (QED) is 0.341. The molecule has 0 aromatic rings. The van der Waals surface area contributed by atoms with Gasteiger partial charge in [0.1, 0.15) is 0 Å². The van der Waals surface area contributed by atoms with Crippen LogP contribution in [0.4, 0.5) is 0 Å². The van der Waals surface area contributed by atoms with Crippen molar-refractivity contribution in [3.63, 3.8) is 0 Å². The topological polar surface area (TPSA) is 29.4 Å². The predicted octanol–water partition coefficient (Wildman–Crippen LogP) is 7.60. The molecule has 5 atom stereocenters. The third kappa shape index (κ3) is 9.06. The van der Waals surface area contributed by atoms with E-state index >= 15 is 0 Å². The monoisotopic (exact) mass is 407 g/mol. The van der Waals surface area contributed by atoms with Gasteiger partial charge in [-0.05, 0) is 36.5 Å². The molecule has 2 aliphatic rings. The second-order valence-electron chi connectivity index (χ2n) is 9.79. The smallest absolute Gasteiger partial charge is 0.180 e. The van der Waals surface area contributed by atoms with E-state index in [4.69, 9.17) is 0 Å². The van der Waals surface area contributed by atoms with Crippen LogP contribution in [0.15, 0.2) is 4.99 Å². The molecule has 0 bridgehead atoms. The average Bonchev–Trinajstić information content (AvgIpc) is 2.91. The lowest BCUT2D eigenvalue weighted by atomic mass is 9.80. The minimum Gasteiger partial charge on any atom is -0.292 e. The van der Waals surface area contributed by atoms with Gasteiger partial charge in [-0.25, -0.2) is 0 Å². The van der Waals surface area contributed by atoms with Gasteiger partial charge in [0.25, 0.3) is 0 Å². The molecule has 5 unspecified atom stereocenters. The van der Waals surface area contributed by atoms with E-state index in [1.165, 1.54) is 89.9 Å². The maximum atomic E-state index is 12.7. The molecule has 2 nitrogen and oxygen atoms in total. The van der Waals surface area contributed by atoms with Crippen molar-refractivity contribution in [2.24, 2.45) is 28.7 Å². The van der Waals surface area contributed by atoms with Gasteiger partial charge in [-0.3, -0.25) is 9.79 Å². The average molecular weight is 408 g/mol. The number of hydrogen-bond donors (Lipinski definition) is 0. The number of rotatable bonds is 5. The summed E-state index contributed by atoms with van der Waals surface area (Å²) in [7, 11) is 2.62. The summed E-state index contributed by atoms with van der Waals surface area (Å²) in [5.74, 6) is 3.38. The first kappa shape index (κ1) is 24.0. The zero-order chi connectivity index (χ0) is 20.2. The molecule has 0 spiro atoms. The highest BCUT2D eigenvalue weighted by Gasteiger charge is 2.24. The van der Waals surface area contributed by atoms with Gasteiger partial charge in [-0.2, -0.15) is 0 Å². The van der Waals surface area contributed by atoms with Crippen molar-refractivity contribution in [3.8, 4) is 0 Å². The van der Waals surface area contributed by atoms with Crippen LogP contribution in [0.25, 0.3) is 0 Å². The Morgan fingerprint density at radius 1 is 0.857 bits per heavy atom. The molecule has 0 amide bonds. The van der Waals surface area contributed by atoms with Gasteiger partial charge in [-0.15, -0.1) is 0 Å². The Balaban J connectivity index is 1.90. The molecule has 1 aliphatic heterocycles. The van der Waals surface area contributed by atoms with E-state index in [-0.39, 0.29) is 5.78 Å². The number of nitrogens with zero attached hydrogens (tertiary/aromatic N) is 1. The van der Waals surface area contributed by atoms with E-state index in [0.29, 0.717) is 23.7 Å². The highest BCUT2D eigenvalue weighted by molar-refractivity contribution is 7.45. The third-order valence-electron chi connectivity index (χ3n) is 7.49. The Morgan fingerprint density at radius 2 is 1.54 bits per heavy atom. The zero-order valence-corrected chi connectivity index (χ0v) is 19.9. The standard InChI is InChI=1S/C25H46NOP/c1-3-10-21-12-9-13-22(15-14-21)16-17-23-19-24(27)25(28)26-18-8-6-4-5-7-11-20(23)2/h20-23H,3-19,28H2,1-2H3. The van der Waals surface area contributed by atoms with Gasteiger partial charge in [0, 0.05) is 13.0 Å². The van der Waals surface area contributed by atoms with E-state index in [9.17, 15) is 4.79 Å². The Morgan fingerprint density at radius 3 is 2.29 bits per heavy atom. The molecule has 3 heteroatoms. The van der Waals surface area contributed by atoms with Crippen LogP contribution in [0.3, 0.4) is 0 Å². The van der Waals surface area contributed by atoms with Crippen molar-refractivity contribution in [1.29, 1.82) is 0 Å². The summed E-state index contributed by atoms with van der Waals surface area (Å²) in [4.78, 5) is 17.3. The summed E-state index contributed by atoms with van der Waals surface area (Å²) in [6.07, 6.45) is 20.9. The Hall–Kier alpha value is -0.230. The van der Waals surface area contributed by atoms with Crippen LogP contribution in [0.5, 0.6) is 0 Å². The van der Waals surface area contributed by atoms with Crippen LogP contribution in [0.1, 0.15) is 117 Å². The van der Waals surface area contributed by atoms with E-state index in [1.807, 2.05) is 0 Å². The number of carbonyl (C=O) groups excluding carboxylic acids is 1. The summed E-state index contributed by atoms with van der Waals surface area (Å²) in [5.41, 5.74) is 0.702. The van der Waals surface area contributed by atoms with E-state index in [1.54, 1.807) is 0 Å². The highest BCUT2D eigenvalue weighted by atomic mass is 31.0. The molecular formula is C25H46NOP. The maximum Gasteiger partial charge on any atom is 0.180 e. The minimum absolute atomic E-state index is 0.282. The zero-order valence-electron chi connectivity index (χ0n) is 18.8. The van der Waals surface area contributed by atoms with Crippen molar-refractivity contribution in [1.82, 2.24) is 0 Å². The molecule has 0 saturated heterocycles. The van der Waals surface area contributed by atoms with Crippen LogP contribution in [0.2, 0.25) is 0 Å². The third-order valence-corrected chi connectivity index (χ3v) is 7.99. The van der Waals surface area contributed by atoms with Gasteiger partial charge in [0.2, 0.25) is 0 Å². The summed E-state index contributed by atoms with van der Waals surface area (Å²) in [5, 5.41) is 0. The molecule has 0 N–H and O–H groups in total. The summed E-state index contributed by atoms with van der Waals surface area (Å²) in [6.45, 7) is 5.56. The molecule has 1 fully saturated rings. The molecule has 1 heterocycles. The van der Waals surface area contributed by atoms with Crippen LogP contribution in [-0.2, 0) is 4.79 Å². The fourth-order valence-corrected chi connectivity index (χ4v) is 5.70. The predicted molar refractivity (Wildman–Crippen MR) is 126 cm³/mol. The van der Waals surface area contributed by atoms with E-state index < -0.39 is 0 Å². The number of carbonyl (C=O) groups is 1. The van der Waals surface area contributed by atoms with Gasteiger partial charge in [-0.1, -0.05) is 107 Å². The van der Waals surface area contributed by atoms with Gasteiger partial charge < -0.3 is 0 Å². The molecule has 0 aromatic heterocycles. The highest BCUT2D eigenvalue weighted by Crippen LogP contribution is 2.35. The second-order valence-corrected chi connectivity index (χ2v) is 10.3. The van der Waals surface area contributed by atoms with Crippen LogP contribution < -0.4 is 0 Å². The fourth-order valence-electron chi connectivity index (χ4n) is 5.45. The van der Waals surface area contributed by atoms with Crippen molar-refractivity contribution in [3.05, 3.63) is 0 Å². The Kier molecular flexibility index (Phi) is 11.9. The molecule has 162 valence electrons. The molecule has 0 radical (unpaired) electrons. The summed E-state index contributed by atoms with van der Waals surface area (Å²) in [6, 6.07) is 0. The fraction of sp³-hybridized carbons (Fsp3) is 0.920. The lowest BCUT2D eigenvalue weighted by Gasteiger charge is -2.26. The molecule has 28 heavy (non-hydrogen) atoms. The van der Waals surface area contributed by atoms with Gasteiger partial charge in [0.15, 0.2) is 5.78 Å². The summed E-state index contributed by atoms with van der Waals surface area (Å²) < 4.78 is 0. The van der Waals surface area contributed by atoms with Crippen molar-refractivity contribution in [2.45, 2.75) is 117 Å². The van der Waals surface area contributed by atoms with Crippen LogP contribution in [-0.4, -0.2) is 17.8 Å². The van der Waals surface area contributed by atoms with Crippen molar-refractivity contribution in [2.75, 3.05) is 6.54 Å². The van der Waals surface area contributed by atoms with Crippen LogP contribution in [0, 0.1) is 23.7 Å². The first-order valence-corrected chi connectivity index (χ1v) is 13.0. The summed E-state index contributed by atoms with van der Waals surface area (Å²) >= 11 is 0. The van der Waals surface area contributed by atoms with Crippen molar-refractivity contribution >= 4 is 20.5 Å².